The predicted molar refractivity (Wildman–Crippen MR) is 68.2 cm³/mol. The second-order valence-corrected chi connectivity index (χ2v) is 4.27. The fourth-order valence-electron chi connectivity index (χ4n) is 1.90. The van der Waals surface area contributed by atoms with Gasteiger partial charge in [-0.15, -0.1) is 0 Å². The highest BCUT2D eigenvalue weighted by Crippen LogP contribution is 2.20. The standard InChI is InChI=1S/C14H13N3O/c1-10-5-6-11(8-15-10)14(18)12-9-17-7-3-2-4-13(17)16-12/h2-9,14,18H,1H3. The number of hydrogen-bond acceptors (Lipinski definition) is 3. The van der Waals surface area contributed by atoms with E-state index in [0.29, 0.717) is 5.69 Å². The molecule has 0 radical (unpaired) electrons. The first-order valence-electron chi connectivity index (χ1n) is 5.78. The number of aryl methyl sites for hydroxylation is 1. The van der Waals surface area contributed by atoms with Crippen molar-refractivity contribution in [1.82, 2.24) is 14.4 Å². The molecule has 0 aliphatic carbocycles. The number of aliphatic hydroxyl groups excluding tert-OH is 1. The van der Waals surface area contributed by atoms with Crippen molar-refractivity contribution in [3.05, 3.63) is 65.9 Å². The van der Waals surface area contributed by atoms with E-state index in [1.165, 1.54) is 0 Å². The van der Waals surface area contributed by atoms with Crippen molar-refractivity contribution in [2.24, 2.45) is 0 Å². The van der Waals surface area contributed by atoms with Crippen LogP contribution in [0.4, 0.5) is 0 Å². The third kappa shape index (κ3) is 1.87. The quantitative estimate of drug-likeness (QED) is 0.745. The fourth-order valence-corrected chi connectivity index (χ4v) is 1.90. The zero-order valence-corrected chi connectivity index (χ0v) is 9.99. The van der Waals surface area contributed by atoms with Crippen LogP contribution in [0.5, 0.6) is 0 Å². The molecule has 4 nitrogen and oxygen atoms in total. The summed E-state index contributed by atoms with van der Waals surface area (Å²) < 4.78 is 1.89. The molecule has 3 rings (SSSR count). The average molecular weight is 239 g/mol. The largest absolute Gasteiger partial charge is 0.382 e. The van der Waals surface area contributed by atoms with Crippen LogP contribution in [-0.4, -0.2) is 19.5 Å². The summed E-state index contributed by atoms with van der Waals surface area (Å²) in [5.74, 6) is 0. The van der Waals surface area contributed by atoms with E-state index in [2.05, 4.69) is 9.97 Å². The number of nitrogens with zero attached hydrogens (tertiary/aromatic N) is 3. The van der Waals surface area contributed by atoms with E-state index < -0.39 is 6.10 Å². The molecule has 3 aromatic rings. The van der Waals surface area contributed by atoms with Gasteiger partial charge in [-0.25, -0.2) is 4.98 Å². The molecule has 0 saturated carbocycles. The molecule has 3 aromatic heterocycles. The Hall–Kier alpha value is -2.20. The minimum atomic E-state index is -0.738. The summed E-state index contributed by atoms with van der Waals surface area (Å²) in [5, 5.41) is 10.3. The zero-order chi connectivity index (χ0) is 12.5. The summed E-state index contributed by atoms with van der Waals surface area (Å²) in [5.41, 5.74) is 3.14. The molecule has 0 amide bonds. The number of aliphatic hydroxyl groups is 1. The number of imidazole rings is 1. The molecule has 4 heteroatoms. The number of rotatable bonds is 2. The van der Waals surface area contributed by atoms with Crippen LogP contribution in [0.3, 0.4) is 0 Å². The van der Waals surface area contributed by atoms with E-state index in [-0.39, 0.29) is 0 Å². The summed E-state index contributed by atoms with van der Waals surface area (Å²) in [7, 11) is 0. The van der Waals surface area contributed by atoms with Crippen LogP contribution >= 0.6 is 0 Å². The molecular formula is C14H13N3O. The summed E-state index contributed by atoms with van der Waals surface area (Å²) in [6.07, 6.45) is 4.69. The van der Waals surface area contributed by atoms with Gasteiger partial charge in [-0.1, -0.05) is 12.1 Å². The lowest BCUT2D eigenvalue weighted by molar-refractivity contribution is 0.215. The fraction of sp³-hybridized carbons (Fsp3) is 0.143. The maximum Gasteiger partial charge on any atom is 0.137 e. The second kappa shape index (κ2) is 4.23. The lowest BCUT2D eigenvalue weighted by Gasteiger charge is -2.07. The first-order chi connectivity index (χ1) is 8.74. The van der Waals surface area contributed by atoms with Crippen molar-refractivity contribution in [1.29, 1.82) is 0 Å². The van der Waals surface area contributed by atoms with Crippen LogP contribution in [0.1, 0.15) is 23.1 Å². The van der Waals surface area contributed by atoms with Crippen LogP contribution in [0, 0.1) is 6.92 Å². The monoisotopic (exact) mass is 239 g/mol. The first kappa shape index (κ1) is 10.9. The summed E-state index contributed by atoms with van der Waals surface area (Å²) in [6.45, 7) is 1.92. The lowest BCUT2D eigenvalue weighted by Crippen LogP contribution is -2.00. The normalized spacial score (nSPS) is 12.8. The molecule has 1 N–H and O–H groups in total. The highest BCUT2D eigenvalue weighted by Gasteiger charge is 2.14. The lowest BCUT2D eigenvalue weighted by atomic mass is 10.1. The van der Waals surface area contributed by atoms with Crippen molar-refractivity contribution in [2.75, 3.05) is 0 Å². The van der Waals surface area contributed by atoms with Gasteiger partial charge in [0.2, 0.25) is 0 Å². The van der Waals surface area contributed by atoms with Crippen LogP contribution in [-0.2, 0) is 0 Å². The van der Waals surface area contributed by atoms with Gasteiger partial charge in [0.25, 0.3) is 0 Å². The number of pyridine rings is 2. The van der Waals surface area contributed by atoms with Gasteiger partial charge in [0.1, 0.15) is 11.8 Å². The van der Waals surface area contributed by atoms with Gasteiger partial charge in [-0.2, -0.15) is 0 Å². The predicted octanol–water partition coefficient (Wildman–Crippen LogP) is 2.12. The van der Waals surface area contributed by atoms with Crippen LogP contribution in [0.2, 0.25) is 0 Å². The Morgan fingerprint density at radius 3 is 2.83 bits per heavy atom. The third-order valence-electron chi connectivity index (χ3n) is 2.91. The van der Waals surface area contributed by atoms with E-state index >= 15 is 0 Å². The van der Waals surface area contributed by atoms with E-state index in [0.717, 1.165) is 16.9 Å². The first-order valence-corrected chi connectivity index (χ1v) is 5.78. The van der Waals surface area contributed by atoms with Crippen LogP contribution in [0.25, 0.3) is 5.65 Å². The van der Waals surface area contributed by atoms with Gasteiger partial charge < -0.3 is 9.51 Å². The van der Waals surface area contributed by atoms with Gasteiger partial charge >= 0.3 is 0 Å². The molecule has 90 valence electrons. The Bertz CT molecular complexity index is 640. The average Bonchev–Trinajstić information content (AvgIpc) is 2.82. The van der Waals surface area contributed by atoms with E-state index in [9.17, 15) is 5.11 Å². The molecular weight excluding hydrogens is 226 g/mol. The Kier molecular flexibility index (Phi) is 2.57. The molecule has 0 saturated heterocycles. The van der Waals surface area contributed by atoms with E-state index in [1.54, 1.807) is 6.20 Å². The molecule has 18 heavy (non-hydrogen) atoms. The summed E-state index contributed by atoms with van der Waals surface area (Å²) >= 11 is 0. The van der Waals surface area contributed by atoms with Crippen molar-refractivity contribution in [2.45, 2.75) is 13.0 Å². The van der Waals surface area contributed by atoms with Crippen molar-refractivity contribution >= 4 is 5.65 Å². The summed E-state index contributed by atoms with van der Waals surface area (Å²) in [4.78, 5) is 8.58. The molecule has 1 atom stereocenters. The SMILES string of the molecule is Cc1ccc(C(O)c2cn3ccccc3n2)cn1. The Morgan fingerprint density at radius 2 is 2.11 bits per heavy atom. The van der Waals surface area contributed by atoms with Crippen LogP contribution in [0.15, 0.2) is 48.9 Å². The minimum absolute atomic E-state index is 0.631. The van der Waals surface area contributed by atoms with Gasteiger partial charge in [-0.3, -0.25) is 4.98 Å². The van der Waals surface area contributed by atoms with Gasteiger partial charge in [0, 0.05) is 29.8 Å². The Morgan fingerprint density at radius 1 is 1.22 bits per heavy atom. The van der Waals surface area contributed by atoms with Crippen molar-refractivity contribution in [3.8, 4) is 0 Å². The Labute approximate surface area is 105 Å². The van der Waals surface area contributed by atoms with Crippen molar-refractivity contribution < 1.29 is 5.11 Å². The van der Waals surface area contributed by atoms with E-state index in [4.69, 9.17) is 0 Å². The molecule has 0 aliphatic rings. The molecule has 3 heterocycles. The smallest absolute Gasteiger partial charge is 0.137 e. The highest BCUT2D eigenvalue weighted by atomic mass is 16.3. The highest BCUT2D eigenvalue weighted by molar-refractivity contribution is 5.41. The van der Waals surface area contributed by atoms with Gasteiger partial charge in [0.05, 0.1) is 5.69 Å². The van der Waals surface area contributed by atoms with Crippen molar-refractivity contribution in [3.63, 3.8) is 0 Å². The van der Waals surface area contributed by atoms with Gasteiger partial charge in [-0.05, 0) is 25.1 Å². The van der Waals surface area contributed by atoms with Crippen LogP contribution < -0.4 is 0 Å². The molecule has 0 aliphatic heterocycles. The number of aromatic nitrogens is 3. The molecule has 0 fully saturated rings. The molecule has 0 bridgehead atoms. The molecule has 0 aromatic carbocycles. The summed E-state index contributed by atoms with van der Waals surface area (Å²) in [6, 6.07) is 9.51. The second-order valence-electron chi connectivity index (χ2n) is 4.27. The maximum atomic E-state index is 10.3. The zero-order valence-electron chi connectivity index (χ0n) is 9.99. The topological polar surface area (TPSA) is 50.4 Å². The number of hydrogen-bond donors (Lipinski definition) is 1. The minimum Gasteiger partial charge on any atom is -0.382 e. The molecule has 1 unspecified atom stereocenters. The van der Waals surface area contributed by atoms with E-state index in [1.807, 2.05) is 54.0 Å². The number of fused-ring (bicyclic) bond motifs is 1. The molecule has 0 spiro atoms. The maximum absolute atomic E-state index is 10.3. The third-order valence-corrected chi connectivity index (χ3v) is 2.91. The Balaban J connectivity index is 2.00. The van der Waals surface area contributed by atoms with Gasteiger partial charge in [0.15, 0.2) is 0 Å².